The Morgan fingerprint density at radius 2 is 2.00 bits per heavy atom. The van der Waals surface area contributed by atoms with Crippen molar-refractivity contribution in [2.45, 2.75) is 38.8 Å². The van der Waals surface area contributed by atoms with Gasteiger partial charge in [0.2, 0.25) is 0 Å². The molecule has 0 fully saturated rings. The van der Waals surface area contributed by atoms with Crippen LogP contribution in [0.25, 0.3) is 10.4 Å². The van der Waals surface area contributed by atoms with Gasteiger partial charge in [-0.1, -0.05) is 12.1 Å². The highest BCUT2D eigenvalue weighted by molar-refractivity contribution is 7.15. The van der Waals surface area contributed by atoms with Crippen molar-refractivity contribution in [3.05, 3.63) is 47.1 Å². The van der Waals surface area contributed by atoms with Crippen molar-refractivity contribution in [3.8, 4) is 10.4 Å². The van der Waals surface area contributed by atoms with Gasteiger partial charge in [-0.2, -0.15) is 0 Å². The fourth-order valence-corrected chi connectivity index (χ4v) is 3.19. The molecule has 0 aliphatic heterocycles. The maximum atomic E-state index is 13.3. The summed E-state index contributed by atoms with van der Waals surface area (Å²) in [6.07, 6.45) is -0.657. The molecule has 0 saturated heterocycles. The van der Waals surface area contributed by atoms with Gasteiger partial charge in [0, 0.05) is 16.2 Å². The van der Waals surface area contributed by atoms with Gasteiger partial charge in [0.25, 0.3) is 0 Å². The highest BCUT2D eigenvalue weighted by Crippen LogP contribution is 2.29. The van der Waals surface area contributed by atoms with Crippen molar-refractivity contribution >= 4 is 23.4 Å². The lowest BCUT2D eigenvalue weighted by atomic mass is 10.1. The Balaban J connectivity index is 2.08. The molecule has 0 spiro atoms. The molecule has 2 aromatic rings. The molecule has 1 aromatic heterocycles. The summed E-state index contributed by atoms with van der Waals surface area (Å²) < 4.78 is 18.4. The van der Waals surface area contributed by atoms with E-state index in [0.717, 1.165) is 15.3 Å². The Labute approximate surface area is 149 Å². The molecule has 5 nitrogen and oxygen atoms in total. The molecule has 1 aromatic carbocycles. The van der Waals surface area contributed by atoms with Gasteiger partial charge in [0.1, 0.15) is 17.5 Å². The fraction of sp³-hybridized carbons (Fsp3) is 0.333. The SMILES string of the molecule is CC(C)(C)OC(=O)NC(Cc1ccc(-c2cccc(F)c2)s1)C(=O)O. The number of ether oxygens (including phenoxy) is 1. The van der Waals surface area contributed by atoms with Gasteiger partial charge < -0.3 is 15.2 Å². The van der Waals surface area contributed by atoms with E-state index in [1.165, 1.54) is 23.5 Å². The van der Waals surface area contributed by atoms with E-state index in [2.05, 4.69) is 5.32 Å². The number of carbonyl (C=O) groups is 2. The second kappa shape index (κ2) is 7.65. The minimum atomic E-state index is -1.15. The summed E-state index contributed by atoms with van der Waals surface area (Å²) in [6.45, 7) is 5.10. The molecule has 2 rings (SSSR count). The first-order valence-electron chi connectivity index (χ1n) is 7.71. The second-order valence-electron chi connectivity index (χ2n) is 6.52. The summed E-state index contributed by atoms with van der Waals surface area (Å²) in [7, 11) is 0. The van der Waals surface area contributed by atoms with Crippen LogP contribution >= 0.6 is 11.3 Å². The third-order valence-corrected chi connectivity index (χ3v) is 4.32. The standard InChI is InChI=1S/C18H20FNO4S/c1-18(2,3)24-17(23)20-14(16(21)22)10-13-7-8-15(25-13)11-5-4-6-12(19)9-11/h4-9,14H,10H2,1-3H3,(H,20,23)(H,21,22). The molecule has 0 saturated carbocycles. The number of benzene rings is 1. The van der Waals surface area contributed by atoms with Crippen LogP contribution in [0, 0.1) is 5.82 Å². The van der Waals surface area contributed by atoms with Crippen molar-refractivity contribution in [2.75, 3.05) is 0 Å². The number of alkyl carbamates (subject to hydrolysis) is 1. The number of rotatable bonds is 5. The molecule has 1 atom stereocenters. The number of hydrogen-bond donors (Lipinski definition) is 2. The van der Waals surface area contributed by atoms with Crippen LogP contribution in [0.4, 0.5) is 9.18 Å². The Kier molecular flexibility index (Phi) is 5.79. The summed E-state index contributed by atoms with van der Waals surface area (Å²) in [5.41, 5.74) is 0.0175. The van der Waals surface area contributed by atoms with E-state index >= 15 is 0 Å². The highest BCUT2D eigenvalue weighted by atomic mass is 32.1. The molecule has 25 heavy (non-hydrogen) atoms. The van der Waals surface area contributed by atoms with E-state index in [-0.39, 0.29) is 12.2 Å². The normalized spacial score (nSPS) is 12.5. The molecule has 7 heteroatoms. The van der Waals surface area contributed by atoms with Crippen LogP contribution in [0.2, 0.25) is 0 Å². The number of nitrogens with one attached hydrogen (secondary N) is 1. The zero-order chi connectivity index (χ0) is 18.6. The van der Waals surface area contributed by atoms with Gasteiger partial charge in [0.05, 0.1) is 0 Å². The number of carboxylic acids is 1. The summed E-state index contributed by atoms with van der Waals surface area (Å²) in [6, 6.07) is 8.67. The number of aliphatic carboxylic acids is 1. The van der Waals surface area contributed by atoms with Gasteiger partial charge in [-0.05, 0) is 50.6 Å². The minimum Gasteiger partial charge on any atom is -0.480 e. The molecule has 0 aliphatic rings. The monoisotopic (exact) mass is 365 g/mol. The van der Waals surface area contributed by atoms with Crippen LogP contribution in [0.5, 0.6) is 0 Å². The second-order valence-corrected chi connectivity index (χ2v) is 7.69. The third-order valence-electron chi connectivity index (χ3n) is 3.17. The van der Waals surface area contributed by atoms with E-state index in [1.807, 2.05) is 0 Å². The molecular formula is C18H20FNO4S. The van der Waals surface area contributed by atoms with Crippen molar-refractivity contribution < 1.29 is 23.8 Å². The van der Waals surface area contributed by atoms with Crippen molar-refractivity contribution in [1.82, 2.24) is 5.32 Å². The number of hydrogen-bond acceptors (Lipinski definition) is 4. The van der Waals surface area contributed by atoms with Crippen LogP contribution in [-0.4, -0.2) is 28.8 Å². The predicted molar refractivity (Wildman–Crippen MR) is 94.2 cm³/mol. The average molecular weight is 365 g/mol. The lowest BCUT2D eigenvalue weighted by Crippen LogP contribution is -2.44. The summed E-state index contributed by atoms with van der Waals surface area (Å²) in [5, 5.41) is 11.7. The lowest BCUT2D eigenvalue weighted by Gasteiger charge is -2.21. The first-order valence-corrected chi connectivity index (χ1v) is 8.53. The summed E-state index contributed by atoms with van der Waals surface area (Å²) >= 11 is 1.36. The largest absolute Gasteiger partial charge is 0.480 e. The van der Waals surface area contributed by atoms with E-state index in [9.17, 15) is 19.1 Å². The Hall–Kier alpha value is -2.41. The first-order chi connectivity index (χ1) is 11.6. The van der Waals surface area contributed by atoms with E-state index in [1.54, 1.807) is 45.0 Å². The van der Waals surface area contributed by atoms with E-state index in [0.29, 0.717) is 0 Å². The maximum Gasteiger partial charge on any atom is 0.408 e. The number of carbonyl (C=O) groups excluding carboxylic acids is 1. The van der Waals surface area contributed by atoms with E-state index in [4.69, 9.17) is 4.74 Å². The van der Waals surface area contributed by atoms with Crippen molar-refractivity contribution in [2.24, 2.45) is 0 Å². The zero-order valence-corrected chi connectivity index (χ0v) is 15.0. The molecule has 0 aliphatic carbocycles. The molecule has 2 N–H and O–H groups in total. The Morgan fingerprint density at radius 3 is 2.60 bits per heavy atom. The van der Waals surface area contributed by atoms with Crippen molar-refractivity contribution in [1.29, 1.82) is 0 Å². The highest BCUT2D eigenvalue weighted by Gasteiger charge is 2.24. The van der Waals surface area contributed by atoms with Crippen molar-refractivity contribution in [3.63, 3.8) is 0 Å². The van der Waals surface area contributed by atoms with Crippen LogP contribution < -0.4 is 5.32 Å². The molecule has 0 bridgehead atoms. The topological polar surface area (TPSA) is 75.6 Å². The van der Waals surface area contributed by atoms with Crippen LogP contribution in [0.1, 0.15) is 25.6 Å². The molecule has 1 heterocycles. The number of carboxylic acid groups (broad SMARTS) is 1. The zero-order valence-electron chi connectivity index (χ0n) is 14.2. The smallest absolute Gasteiger partial charge is 0.408 e. The van der Waals surface area contributed by atoms with Crippen LogP contribution in [0.15, 0.2) is 36.4 Å². The van der Waals surface area contributed by atoms with Crippen LogP contribution in [0.3, 0.4) is 0 Å². The quantitative estimate of drug-likeness (QED) is 0.837. The maximum absolute atomic E-state index is 13.3. The summed E-state index contributed by atoms with van der Waals surface area (Å²) in [5.74, 6) is -1.48. The van der Waals surface area contributed by atoms with Gasteiger partial charge in [0.15, 0.2) is 0 Å². The van der Waals surface area contributed by atoms with Gasteiger partial charge in [-0.15, -0.1) is 11.3 Å². The Bertz CT molecular complexity index is 766. The molecular weight excluding hydrogens is 345 g/mol. The number of amides is 1. The van der Waals surface area contributed by atoms with Gasteiger partial charge in [-0.3, -0.25) is 0 Å². The number of halogens is 1. The van der Waals surface area contributed by atoms with E-state index < -0.39 is 23.7 Å². The summed E-state index contributed by atoms with van der Waals surface area (Å²) in [4.78, 5) is 24.8. The molecule has 1 unspecified atom stereocenters. The van der Waals surface area contributed by atoms with Gasteiger partial charge in [-0.25, -0.2) is 14.0 Å². The number of thiophene rings is 1. The molecule has 0 radical (unpaired) electrons. The first kappa shape index (κ1) is 18.9. The third kappa shape index (κ3) is 5.86. The average Bonchev–Trinajstić information content (AvgIpc) is 2.93. The fourth-order valence-electron chi connectivity index (χ4n) is 2.14. The predicted octanol–water partition coefficient (Wildman–Crippen LogP) is 4.07. The minimum absolute atomic E-state index is 0.120. The van der Waals surface area contributed by atoms with Crippen LogP contribution in [-0.2, 0) is 16.0 Å². The molecule has 1 amide bonds. The lowest BCUT2D eigenvalue weighted by molar-refractivity contribution is -0.139. The molecule has 134 valence electrons. The van der Waals surface area contributed by atoms with Gasteiger partial charge >= 0.3 is 12.1 Å². The Morgan fingerprint density at radius 1 is 1.28 bits per heavy atom.